The zero-order valence-electron chi connectivity index (χ0n) is 8.70. The van der Waals surface area contributed by atoms with Crippen LogP contribution in [0.5, 0.6) is 0 Å². The van der Waals surface area contributed by atoms with E-state index in [1.807, 2.05) is 6.92 Å². The van der Waals surface area contributed by atoms with Crippen molar-refractivity contribution in [2.45, 2.75) is 20.4 Å². The lowest BCUT2D eigenvalue weighted by Crippen LogP contribution is -2.14. The van der Waals surface area contributed by atoms with Gasteiger partial charge in [-0.25, -0.2) is 0 Å². The number of carbonyl (C=O) groups is 1. The fourth-order valence-electron chi connectivity index (χ4n) is 1.60. The number of ketones is 1. The van der Waals surface area contributed by atoms with Crippen molar-refractivity contribution in [1.82, 2.24) is 9.78 Å². The Morgan fingerprint density at radius 1 is 1.47 bits per heavy atom. The lowest BCUT2D eigenvalue weighted by molar-refractivity contribution is 0.101. The molecule has 2 rings (SSSR count). The maximum absolute atomic E-state index is 11.8. The average molecular weight is 204 g/mol. The second-order valence-electron chi connectivity index (χ2n) is 3.48. The first-order valence-corrected chi connectivity index (χ1v) is 4.87. The second kappa shape index (κ2) is 3.38. The summed E-state index contributed by atoms with van der Waals surface area (Å²) in [5.41, 5.74) is 1.27. The van der Waals surface area contributed by atoms with E-state index in [4.69, 9.17) is 0 Å². The molecule has 1 aromatic carbocycles. The van der Waals surface area contributed by atoms with Crippen molar-refractivity contribution in [1.29, 1.82) is 0 Å². The van der Waals surface area contributed by atoms with E-state index < -0.39 is 0 Å². The molecule has 2 aromatic rings. The molecule has 0 unspecified atom stereocenters. The SMILES string of the molecule is CCn1[nH]c2ccc(C(C)=O)cc2c1=O. The van der Waals surface area contributed by atoms with E-state index in [2.05, 4.69) is 5.10 Å². The Kier molecular flexibility index (Phi) is 2.19. The van der Waals surface area contributed by atoms with Gasteiger partial charge in [0.05, 0.1) is 10.9 Å². The second-order valence-corrected chi connectivity index (χ2v) is 3.48. The van der Waals surface area contributed by atoms with Crippen molar-refractivity contribution in [2.75, 3.05) is 0 Å². The quantitative estimate of drug-likeness (QED) is 0.754. The summed E-state index contributed by atoms with van der Waals surface area (Å²) >= 11 is 0. The number of nitrogens with zero attached hydrogens (tertiary/aromatic N) is 1. The van der Waals surface area contributed by atoms with Crippen LogP contribution in [0, 0.1) is 0 Å². The maximum atomic E-state index is 11.8. The molecule has 0 aliphatic heterocycles. The monoisotopic (exact) mass is 204 g/mol. The number of nitrogens with one attached hydrogen (secondary N) is 1. The minimum absolute atomic E-state index is 0.0273. The lowest BCUT2D eigenvalue weighted by Gasteiger charge is -1.93. The molecule has 0 aliphatic rings. The van der Waals surface area contributed by atoms with Crippen LogP contribution >= 0.6 is 0 Å². The number of hydrogen-bond acceptors (Lipinski definition) is 2. The van der Waals surface area contributed by atoms with Crippen LogP contribution in [0.2, 0.25) is 0 Å². The summed E-state index contributed by atoms with van der Waals surface area (Å²) in [6.45, 7) is 3.98. The van der Waals surface area contributed by atoms with E-state index in [9.17, 15) is 9.59 Å². The molecule has 0 bridgehead atoms. The molecular formula is C11H12N2O2. The van der Waals surface area contributed by atoms with E-state index in [0.29, 0.717) is 17.5 Å². The van der Waals surface area contributed by atoms with Crippen molar-refractivity contribution >= 4 is 16.7 Å². The first-order valence-electron chi connectivity index (χ1n) is 4.87. The highest BCUT2D eigenvalue weighted by atomic mass is 16.1. The van der Waals surface area contributed by atoms with E-state index in [1.165, 1.54) is 11.6 Å². The molecule has 0 radical (unpaired) electrons. The van der Waals surface area contributed by atoms with E-state index >= 15 is 0 Å². The molecule has 0 fully saturated rings. The fraction of sp³-hybridized carbons (Fsp3) is 0.273. The summed E-state index contributed by atoms with van der Waals surface area (Å²) in [4.78, 5) is 22.9. The molecule has 1 aromatic heterocycles. The standard InChI is InChI=1S/C11H12N2O2/c1-3-13-11(15)9-6-8(7(2)14)4-5-10(9)12-13/h4-6,12H,3H2,1-2H3. The highest BCUT2D eigenvalue weighted by molar-refractivity contribution is 5.97. The van der Waals surface area contributed by atoms with Gasteiger partial charge < -0.3 is 0 Å². The van der Waals surface area contributed by atoms with Gasteiger partial charge in [0, 0.05) is 12.1 Å². The van der Waals surface area contributed by atoms with E-state index in [0.717, 1.165) is 5.52 Å². The minimum Gasteiger partial charge on any atom is -0.295 e. The maximum Gasteiger partial charge on any atom is 0.274 e. The normalized spacial score (nSPS) is 10.8. The van der Waals surface area contributed by atoms with E-state index in [1.54, 1.807) is 18.2 Å². The highest BCUT2D eigenvalue weighted by Crippen LogP contribution is 2.11. The van der Waals surface area contributed by atoms with Gasteiger partial charge in [-0.15, -0.1) is 0 Å². The predicted octanol–water partition coefficient (Wildman–Crippen LogP) is 1.55. The van der Waals surface area contributed by atoms with Gasteiger partial charge in [-0.3, -0.25) is 19.4 Å². The minimum atomic E-state index is -0.0735. The first kappa shape index (κ1) is 9.71. The largest absolute Gasteiger partial charge is 0.295 e. The number of benzene rings is 1. The molecule has 0 atom stereocenters. The molecular weight excluding hydrogens is 192 g/mol. The van der Waals surface area contributed by atoms with Gasteiger partial charge in [0.15, 0.2) is 5.78 Å². The van der Waals surface area contributed by atoms with Crippen LogP contribution in [0.15, 0.2) is 23.0 Å². The van der Waals surface area contributed by atoms with Crippen LogP contribution in [0.25, 0.3) is 10.9 Å². The first-order chi connectivity index (χ1) is 7.13. The summed E-state index contributed by atoms with van der Waals surface area (Å²) in [5, 5.41) is 3.55. The van der Waals surface area contributed by atoms with Crippen molar-refractivity contribution < 1.29 is 4.79 Å². The fourth-order valence-corrected chi connectivity index (χ4v) is 1.60. The molecule has 0 amide bonds. The van der Waals surface area contributed by atoms with Crippen LogP contribution in [-0.4, -0.2) is 15.6 Å². The van der Waals surface area contributed by atoms with Crippen LogP contribution in [0.4, 0.5) is 0 Å². The third-order valence-corrected chi connectivity index (χ3v) is 2.47. The Morgan fingerprint density at radius 2 is 2.20 bits per heavy atom. The predicted molar refractivity (Wildman–Crippen MR) is 58.2 cm³/mol. The zero-order chi connectivity index (χ0) is 11.0. The van der Waals surface area contributed by atoms with Gasteiger partial charge in [-0.1, -0.05) is 0 Å². The molecule has 0 aliphatic carbocycles. The third-order valence-electron chi connectivity index (χ3n) is 2.47. The number of rotatable bonds is 2. The van der Waals surface area contributed by atoms with Crippen molar-refractivity contribution in [3.63, 3.8) is 0 Å². The van der Waals surface area contributed by atoms with Gasteiger partial charge in [-0.2, -0.15) is 0 Å². The number of aromatic nitrogens is 2. The average Bonchev–Trinajstić information content (AvgIpc) is 2.55. The Bertz CT molecular complexity index is 578. The van der Waals surface area contributed by atoms with Gasteiger partial charge in [0.25, 0.3) is 5.56 Å². The smallest absolute Gasteiger partial charge is 0.274 e. The summed E-state index contributed by atoms with van der Waals surface area (Å²) in [6, 6.07) is 5.13. The Labute approximate surface area is 86.5 Å². The topological polar surface area (TPSA) is 54.9 Å². The number of H-pyrrole nitrogens is 1. The Balaban J connectivity index is 2.76. The van der Waals surface area contributed by atoms with Gasteiger partial charge >= 0.3 is 0 Å². The number of fused-ring (bicyclic) bond motifs is 1. The van der Waals surface area contributed by atoms with Crippen LogP contribution in [-0.2, 0) is 6.54 Å². The molecule has 4 heteroatoms. The molecule has 0 saturated carbocycles. The zero-order valence-corrected chi connectivity index (χ0v) is 8.70. The number of aromatic amines is 1. The molecule has 15 heavy (non-hydrogen) atoms. The van der Waals surface area contributed by atoms with Crippen molar-refractivity contribution in [2.24, 2.45) is 0 Å². The van der Waals surface area contributed by atoms with Crippen LogP contribution in [0.3, 0.4) is 0 Å². The van der Waals surface area contributed by atoms with Crippen molar-refractivity contribution in [3.8, 4) is 0 Å². The molecule has 0 spiro atoms. The molecule has 1 N–H and O–H groups in total. The summed E-state index contributed by atoms with van der Waals surface area (Å²) in [6.07, 6.45) is 0. The summed E-state index contributed by atoms with van der Waals surface area (Å²) in [5.74, 6) is -0.0273. The third kappa shape index (κ3) is 1.48. The lowest BCUT2D eigenvalue weighted by atomic mass is 10.1. The number of hydrogen-bond donors (Lipinski definition) is 1. The Morgan fingerprint density at radius 3 is 2.80 bits per heavy atom. The number of carbonyl (C=O) groups excluding carboxylic acids is 1. The van der Waals surface area contributed by atoms with E-state index in [-0.39, 0.29) is 11.3 Å². The van der Waals surface area contributed by atoms with Gasteiger partial charge in [-0.05, 0) is 32.0 Å². The van der Waals surface area contributed by atoms with Gasteiger partial charge in [0.1, 0.15) is 0 Å². The molecule has 1 heterocycles. The highest BCUT2D eigenvalue weighted by Gasteiger charge is 2.07. The summed E-state index contributed by atoms with van der Waals surface area (Å²) < 4.78 is 1.52. The molecule has 4 nitrogen and oxygen atoms in total. The van der Waals surface area contributed by atoms with Crippen LogP contribution < -0.4 is 5.56 Å². The Hall–Kier alpha value is -1.84. The van der Waals surface area contributed by atoms with Gasteiger partial charge in [0.2, 0.25) is 0 Å². The summed E-state index contributed by atoms with van der Waals surface area (Å²) in [7, 11) is 0. The van der Waals surface area contributed by atoms with Crippen molar-refractivity contribution in [3.05, 3.63) is 34.1 Å². The molecule has 0 saturated heterocycles. The number of aryl methyl sites for hydroxylation is 1. The molecule has 78 valence electrons. The number of Topliss-reactive ketones (excluding diaryl/α,β-unsaturated/α-hetero) is 1. The van der Waals surface area contributed by atoms with Crippen LogP contribution in [0.1, 0.15) is 24.2 Å².